The molecule has 0 aromatic heterocycles. The predicted molar refractivity (Wildman–Crippen MR) is 51.8 cm³/mol. The van der Waals surface area contributed by atoms with Gasteiger partial charge in [-0.3, -0.25) is 9.59 Å². The Morgan fingerprint density at radius 1 is 1.20 bits per heavy atom. The van der Waals surface area contributed by atoms with E-state index < -0.39 is 17.7 Å². The van der Waals surface area contributed by atoms with Gasteiger partial charge >= 0.3 is 11.9 Å². The molecular formula is C10H14O5. The Labute approximate surface area is 88.0 Å². The topological polar surface area (TPSA) is 69.7 Å². The molecule has 0 radical (unpaired) electrons. The first kappa shape index (κ1) is 13.4. The minimum Gasteiger partial charge on any atom is -0.462 e. The van der Waals surface area contributed by atoms with Crippen LogP contribution in [0.15, 0.2) is 11.8 Å². The molecule has 0 heterocycles. The molecule has 0 N–H and O–H groups in total. The van der Waals surface area contributed by atoms with Crippen molar-refractivity contribution in [2.45, 2.75) is 27.2 Å². The SMILES string of the molecule is CCCOC(=O)/C(=C/OC(C)=O)C(C)=O. The highest BCUT2D eigenvalue weighted by Gasteiger charge is 2.16. The molecule has 0 aliphatic carbocycles. The van der Waals surface area contributed by atoms with Crippen molar-refractivity contribution < 1.29 is 23.9 Å². The smallest absolute Gasteiger partial charge is 0.344 e. The summed E-state index contributed by atoms with van der Waals surface area (Å²) in [6, 6.07) is 0. The Bertz CT molecular complexity index is 290. The number of carbonyl (C=O) groups excluding carboxylic acids is 3. The highest BCUT2D eigenvalue weighted by atomic mass is 16.5. The molecule has 0 unspecified atom stereocenters. The number of Topliss-reactive ketones (excluding diaryl/α,β-unsaturated/α-hetero) is 1. The number of rotatable bonds is 5. The van der Waals surface area contributed by atoms with E-state index in [0.717, 1.165) is 6.26 Å². The minimum absolute atomic E-state index is 0.226. The van der Waals surface area contributed by atoms with Crippen LogP contribution in [0.3, 0.4) is 0 Å². The summed E-state index contributed by atoms with van der Waals surface area (Å²) in [6.45, 7) is 4.42. The maximum atomic E-state index is 11.3. The molecule has 0 aliphatic heterocycles. The van der Waals surface area contributed by atoms with Crippen LogP contribution in [0, 0.1) is 0 Å². The summed E-state index contributed by atoms with van der Waals surface area (Å²) in [5, 5.41) is 0. The number of carbonyl (C=O) groups is 3. The standard InChI is InChI=1S/C10H14O5/c1-4-5-14-10(13)9(7(2)11)6-15-8(3)12/h6H,4-5H2,1-3H3/b9-6+. The van der Waals surface area contributed by atoms with E-state index in [4.69, 9.17) is 4.74 Å². The molecule has 0 spiro atoms. The molecule has 0 fully saturated rings. The Kier molecular flexibility index (Phi) is 6.01. The molecule has 0 saturated carbocycles. The van der Waals surface area contributed by atoms with Crippen LogP contribution in [-0.2, 0) is 23.9 Å². The van der Waals surface area contributed by atoms with E-state index in [1.54, 1.807) is 0 Å². The highest BCUT2D eigenvalue weighted by Crippen LogP contribution is 2.01. The van der Waals surface area contributed by atoms with Crippen molar-refractivity contribution in [3.8, 4) is 0 Å². The fourth-order valence-electron chi connectivity index (χ4n) is 0.689. The van der Waals surface area contributed by atoms with E-state index in [1.807, 2.05) is 6.92 Å². The molecule has 0 saturated heterocycles. The molecule has 0 rings (SSSR count). The predicted octanol–water partition coefficient (Wildman–Crippen LogP) is 0.976. The lowest BCUT2D eigenvalue weighted by atomic mass is 10.2. The number of ether oxygens (including phenoxy) is 2. The third kappa shape index (κ3) is 5.61. The lowest BCUT2D eigenvalue weighted by molar-refractivity contribution is -0.140. The molecular weight excluding hydrogens is 200 g/mol. The van der Waals surface area contributed by atoms with Crippen molar-refractivity contribution in [3.05, 3.63) is 11.8 Å². The largest absolute Gasteiger partial charge is 0.462 e. The first-order chi connectivity index (χ1) is 6.99. The van der Waals surface area contributed by atoms with E-state index in [1.165, 1.54) is 13.8 Å². The summed E-state index contributed by atoms with van der Waals surface area (Å²) in [6.07, 6.45) is 1.48. The molecule has 15 heavy (non-hydrogen) atoms. The van der Waals surface area contributed by atoms with Crippen molar-refractivity contribution in [1.29, 1.82) is 0 Å². The first-order valence-electron chi connectivity index (χ1n) is 4.54. The van der Waals surface area contributed by atoms with E-state index in [-0.39, 0.29) is 12.2 Å². The van der Waals surface area contributed by atoms with Gasteiger partial charge in [-0.1, -0.05) is 6.92 Å². The van der Waals surface area contributed by atoms with Crippen LogP contribution in [0.1, 0.15) is 27.2 Å². The van der Waals surface area contributed by atoms with E-state index >= 15 is 0 Å². The zero-order valence-corrected chi connectivity index (χ0v) is 9.03. The van der Waals surface area contributed by atoms with Crippen LogP contribution in [0.4, 0.5) is 0 Å². The highest BCUT2D eigenvalue weighted by molar-refractivity contribution is 6.16. The normalized spacial score (nSPS) is 10.7. The second kappa shape index (κ2) is 6.75. The zero-order valence-electron chi connectivity index (χ0n) is 9.03. The van der Waals surface area contributed by atoms with Gasteiger partial charge in [0.05, 0.1) is 6.61 Å². The maximum absolute atomic E-state index is 11.3. The van der Waals surface area contributed by atoms with Crippen molar-refractivity contribution >= 4 is 17.7 Å². The van der Waals surface area contributed by atoms with E-state index in [0.29, 0.717) is 6.42 Å². The van der Waals surface area contributed by atoms with Gasteiger partial charge in [-0.2, -0.15) is 0 Å². The Hall–Kier alpha value is -1.65. The van der Waals surface area contributed by atoms with E-state index in [2.05, 4.69) is 4.74 Å². The molecule has 5 nitrogen and oxygen atoms in total. The summed E-state index contributed by atoms with van der Waals surface area (Å²) in [7, 11) is 0. The van der Waals surface area contributed by atoms with Crippen LogP contribution in [0.5, 0.6) is 0 Å². The average molecular weight is 214 g/mol. The maximum Gasteiger partial charge on any atom is 0.344 e. The average Bonchev–Trinajstić information content (AvgIpc) is 2.13. The number of hydrogen-bond acceptors (Lipinski definition) is 5. The lowest BCUT2D eigenvalue weighted by Gasteiger charge is -2.03. The van der Waals surface area contributed by atoms with Gasteiger partial charge in [-0.25, -0.2) is 4.79 Å². The van der Waals surface area contributed by atoms with Crippen LogP contribution < -0.4 is 0 Å². The summed E-state index contributed by atoms with van der Waals surface area (Å²) >= 11 is 0. The number of hydrogen-bond donors (Lipinski definition) is 0. The lowest BCUT2D eigenvalue weighted by Crippen LogP contribution is -2.15. The Morgan fingerprint density at radius 2 is 1.80 bits per heavy atom. The molecule has 84 valence electrons. The van der Waals surface area contributed by atoms with Crippen molar-refractivity contribution in [2.75, 3.05) is 6.61 Å². The zero-order chi connectivity index (χ0) is 11.8. The fraction of sp³-hybridized carbons (Fsp3) is 0.500. The van der Waals surface area contributed by atoms with E-state index in [9.17, 15) is 14.4 Å². The summed E-state index contributed by atoms with van der Waals surface area (Å²) in [5.41, 5.74) is -0.265. The van der Waals surface area contributed by atoms with Crippen LogP contribution in [0.2, 0.25) is 0 Å². The summed E-state index contributed by atoms with van der Waals surface area (Å²) in [4.78, 5) is 32.7. The molecule has 0 aliphatic rings. The van der Waals surface area contributed by atoms with Gasteiger partial charge < -0.3 is 9.47 Å². The van der Waals surface area contributed by atoms with Crippen molar-refractivity contribution in [3.63, 3.8) is 0 Å². The van der Waals surface area contributed by atoms with Gasteiger partial charge in [-0.05, 0) is 13.3 Å². The second-order valence-electron chi connectivity index (χ2n) is 2.83. The summed E-state index contributed by atoms with van der Waals surface area (Å²) in [5.74, 6) is -1.88. The van der Waals surface area contributed by atoms with Gasteiger partial charge in [0.25, 0.3) is 0 Å². The Morgan fingerprint density at radius 3 is 2.20 bits per heavy atom. The van der Waals surface area contributed by atoms with Gasteiger partial charge in [0.15, 0.2) is 5.78 Å². The second-order valence-corrected chi connectivity index (χ2v) is 2.83. The van der Waals surface area contributed by atoms with Crippen LogP contribution in [-0.4, -0.2) is 24.3 Å². The number of ketones is 1. The molecule has 5 heteroatoms. The molecule has 0 aromatic carbocycles. The van der Waals surface area contributed by atoms with Gasteiger partial charge in [0, 0.05) is 6.92 Å². The van der Waals surface area contributed by atoms with Crippen LogP contribution >= 0.6 is 0 Å². The number of esters is 2. The quantitative estimate of drug-likeness (QED) is 0.224. The molecule has 0 atom stereocenters. The molecule has 0 bridgehead atoms. The Balaban J connectivity index is 4.51. The minimum atomic E-state index is -0.773. The third-order valence-corrected chi connectivity index (χ3v) is 1.38. The fourth-order valence-corrected chi connectivity index (χ4v) is 0.689. The van der Waals surface area contributed by atoms with Gasteiger partial charge in [0.1, 0.15) is 11.8 Å². The molecule has 0 amide bonds. The van der Waals surface area contributed by atoms with Crippen molar-refractivity contribution in [2.24, 2.45) is 0 Å². The monoisotopic (exact) mass is 214 g/mol. The first-order valence-corrected chi connectivity index (χ1v) is 4.54. The van der Waals surface area contributed by atoms with Crippen LogP contribution in [0.25, 0.3) is 0 Å². The van der Waals surface area contributed by atoms with Gasteiger partial charge in [0.2, 0.25) is 0 Å². The summed E-state index contributed by atoms with van der Waals surface area (Å²) < 4.78 is 9.17. The third-order valence-electron chi connectivity index (χ3n) is 1.38. The van der Waals surface area contributed by atoms with Gasteiger partial charge in [-0.15, -0.1) is 0 Å². The van der Waals surface area contributed by atoms with Crippen molar-refractivity contribution in [1.82, 2.24) is 0 Å². The molecule has 0 aromatic rings.